The number of hydrogen-bond donors (Lipinski definition) is 1. The predicted molar refractivity (Wildman–Crippen MR) is 109 cm³/mol. The fraction of sp³-hybridized carbons (Fsp3) is 0.364. The number of rotatable bonds is 8. The number of ether oxygens (including phenoxy) is 1. The second-order valence-corrected chi connectivity index (χ2v) is 8.30. The molecular formula is C22H24N2O3S. The van der Waals surface area contributed by atoms with Gasteiger partial charge in [-0.05, 0) is 48.6 Å². The molecule has 0 saturated heterocycles. The highest BCUT2D eigenvalue weighted by atomic mass is 32.1. The van der Waals surface area contributed by atoms with Crippen molar-refractivity contribution in [3.8, 4) is 5.75 Å². The Labute approximate surface area is 168 Å². The monoisotopic (exact) mass is 396 g/mol. The van der Waals surface area contributed by atoms with Crippen LogP contribution in [0.15, 0.2) is 46.2 Å². The van der Waals surface area contributed by atoms with E-state index < -0.39 is 0 Å². The molecule has 28 heavy (non-hydrogen) atoms. The van der Waals surface area contributed by atoms with Gasteiger partial charge in [0.1, 0.15) is 18.1 Å². The van der Waals surface area contributed by atoms with Gasteiger partial charge in [-0.2, -0.15) is 0 Å². The lowest BCUT2D eigenvalue weighted by Gasteiger charge is -2.08. The molecule has 1 saturated carbocycles. The Hall–Kier alpha value is -2.60. The van der Waals surface area contributed by atoms with Crippen LogP contribution < -0.4 is 10.1 Å². The van der Waals surface area contributed by atoms with Crippen LogP contribution in [0.25, 0.3) is 0 Å². The summed E-state index contributed by atoms with van der Waals surface area (Å²) in [5, 5.41) is 6.06. The Morgan fingerprint density at radius 2 is 2.04 bits per heavy atom. The molecule has 0 spiro atoms. The van der Waals surface area contributed by atoms with Crippen molar-refractivity contribution in [3.05, 3.63) is 69.6 Å². The van der Waals surface area contributed by atoms with Gasteiger partial charge in [0.05, 0.1) is 17.2 Å². The maximum Gasteiger partial charge on any atom is 0.287 e. The van der Waals surface area contributed by atoms with E-state index in [-0.39, 0.29) is 18.3 Å². The molecule has 4 rings (SSSR count). The number of hydrogen-bond acceptors (Lipinski definition) is 5. The van der Waals surface area contributed by atoms with Crippen LogP contribution in [-0.2, 0) is 13.2 Å². The van der Waals surface area contributed by atoms with Gasteiger partial charge < -0.3 is 14.5 Å². The van der Waals surface area contributed by atoms with Crippen LogP contribution in [-0.4, -0.2) is 10.9 Å². The Balaban J connectivity index is 1.27. The number of thiazole rings is 1. The second-order valence-electron chi connectivity index (χ2n) is 7.41. The molecule has 1 aliphatic rings. The molecule has 1 fully saturated rings. The minimum Gasteiger partial charge on any atom is -0.486 e. The van der Waals surface area contributed by atoms with Gasteiger partial charge >= 0.3 is 0 Å². The smallest absolute Gasteiger partial charge is 0.287 e. The van der Waals surface area contributed by atoms with E-state index in [1.165, 1.54) is 23.4 Å². The summed E-state index contributed by atoms with van der Waals surface area (Å²) in [5.41, 5.74) is 2.17. The van der Waals surface area contributed by atoms with Gasteiger partial charge in [-0.1, -0.05) is 26.0 Å². The fourth-order valence-corrected chi connectivity index (χ4v) is 3.85. The topological polar surface area (TPSA) is 64.4 Å². The summed E-state index contributed by atoms with van der Waals surface area (Å²) >= 11 is 1.68. The first-order valence-corrected chi connectivity index (χ1v) is 10.5. The number of nitrogens with one attached hydrogen (secondary N) is 1. The molecule has 2 heterocycles. The van der Waals surface area contributed by atoms with Crippen molar-refractivity contribution in [1.82, 2.24) is 10.3 Å². The van der Waals surface area contributed by atoms with Gasteiger partial charge in [0, 0.05) is 11.3 Å². The average Bonchev–Trinajstić information content (AvgIpc) is 3.25. The molecule has 2 aromatic heterocycles. The summed E-state index contributed by atoms with van der Waals surface area (Å²) in [6, 6.07) is 11.5. The lowest BCUT2D eigenvalue weighted by molar-refractivity contribution is 0.0918. The van der Waals surface area contributed by atoms with Crippen LogP contribution >= 0.6 is 11.3 Å². The van der Waals surface area contributed by atoms with Gasteiger partial charge in [-0.25, -0.2) is 4.98 Å². The number of furan rings is 1. The number of amides is 1. The van der Waals surface area contributed by atoms with E-state index >= 15 is 0 Å². The van der Waals surface area contributed by atoms with Crippen molar-refractivity contribution in [2.45, 2.75) is 51.7 Å². The van der Waals surface area contributed by atoms with E-state index in [0.717, 1.165) is 11.4 Å². The molecule has 6 heteroatoms. The Morgan fingerprint density at radius 1 is 1.25 bits per heavy atom. The first-order valence-electron chi connectivity index (χ1n) is 9.62. The van der Waals surface area contributed by atoms with Gasteiger partial charge in [0.25, 0.3) is 5.91 Å². The van der Waals surface area contributed by atoms with Crippen molar-refractivity contribution < 1.29 is 13.9 Å². The largest absolute Gasteiger partial charge is 0.486 e. The number of nitrogens with zero attached hydrogens (tertiary/aromatic N) is 1. The summed E-state index contributed by atoms with van der Waals surface area (Å²) in [7, 11) is 0. The van der Waals surface area contributed by atoms with Crippen LogP contribution in [0.1, 0.15) is 71.1 Å². The van der Waals surface area contributed by atoms with Crippen LogP contribution in [0.5, 0.6) is 5.75 Å². The molecule has 5 nitrogen and oxygen atoms in total. The van der Waals surface area contributed by atoms with Crippen molar-refractivity contribution in [2.24, 2.45) is 0 Å². The van der Waals surface area contributed by atoms with Crippen molar-refractivity contribution in [1.29, 1.82) is 0 Å². The predicted octanol–water partition coefficient (Wildman–Crippen LogP) is 5.25. The molecule has 0 radical (unpaired) electrons. The van der Waals surface area contributed by atoms with Crippen LogP contribution in [0, 0.1) is 0 Å². The fourth-order valence-electron chi connectivity index (χ4n) is 2.86. The van der Waals surface area contributed by atoms with Gasteiger partial charge in [0.15, 0.2) is 5.76 Å². The molecule has 1 N–H and O–H groups in total. The van der Waals surface area contributed by atoms with E-state index in [1.807, 2.05) is 17.5 Å². The summed E-state index contributed by atoms with van der Waals surface area (Å²) < 4.78 is 11.4. The third-order valence-electron chi connectivity index (χ3n) is 4.74. The normalized spacial score (nSPS) is 13.7. The first kappa shape index (κ1) is 18.7. The van der Waals surface area contributed by atoms with Crippen LogP contribution in [0.2, 0.25) is 0 Å². The minimum absolute atomic E-state index is 0.242. The molecule has 0 unspecified atom stereocenters. The molecule has 0 atom stereocenters. The van der Waals surface area contributed by atoms with Crippen molar-refractivity contribution in [3.63, 3.8) is 0 Å². The van der Waals surface area contributed by atoms with Crippen LogP contribution in [0.4, 0.5) is 0 Å². The highest BCUT2D eigenvalue weighted by molar-refractivity contribution is 7.09. The standard InChI is InChI=1S/C22H24N2O3S/c1-14(2)15-5-7-18(8-6-15)26-12-19-9-10-20(27-19)21(25)23-11-17-13-28-22(24-17)16-3-4-16/h5-10,13-14,16H,3-4,11-12H2,1-2H3,(H,23,25). The SMILES string of the molecule is CC(C)c1ccc(OCc2ccc(C(=O)NCc3csc(C4CC4)n3)o2)cc1. The Morgan fingerprint density at radius 3 is 2.75 bits per heavy atom. The lowest BCUT2D eigenvalue weighted by atomic mass is 10.0. The van der Waals surface area contributed by atoms with Gasteiger partial charge in [-0.15, -0.1) is 11.3 Å². The zero-order valence-electron chi connectivity index (χ0n) is 16.1. The summed E-state index contributed by atoms with van der Waals surface area (Å²) in [4.78, 5) is 16.9. The average molecular weight is 397 g/mol. The highest BCUT2D eigenvalue weighted by Gasteiger charge is 2.26. The van der Waals surface area contributed by atoms with Gasteiger partial charge in [0.2, 0.25) is 0 Å². The third-order valence-corrected chi connectivity index (χ3v) is 5.80. The van der Waals surface area contributed by atoms with E-state index in [1.54, 1.807) is 23.5 Å². The third kappa shape index (κ3) is 4.62. The molecule has 3 aromatic rings. The Kier molecular flexibility index (Phi) is 5.48. The zero-order chi connectivity index (χ0) is 19.5. The van der Waals surface area contributed by atoms with Gasteiger partial charge in [-0.3, -0.25) is 4.79 Å². The minimum atomic E-state index is -0.242. The number of benzene rings is 1. The molecule has 1 aliphatic carbocycles. The summed E-state index contributed by atoms with van der Waals surface area (Å²) in [5.74, 6) is 2.57. The van der Waals surface area contributed by atoms with Crippen LogP contribution in [0.3, 0.4) is 0 Å². The quantitative estimate of drug-likeness (QED) is 0.565. The van der Waals surface area contributed by atoms with E-state index in [2.05, 4.69) is 36.3 Å². The molecule has 1 aromatic carbocycles. The summed E-state index contributed by atoms with van der Waals surface area (Å²) in [6.45, 7) is 5.01. The molecule has 146 valence electrons. The Bertz CT molecular complexity index is 939. The zero-order valence-corrected chi connectivity index (χ0v) is 16.9. The second kappa shape index (κ2) is 8.19. The van der Waals surface area contributed by atoms with E-state index in [4.69, 9.17) is 9.15 Å². The van der Waals surface area contributed by atoms with E-state index in [0.29, 0.717) is 24.1 Å². The lowest BCUT2D eigenvalue weighted by Crippen LogP contribution is -2.22. The van der Waals surface area contributed by atoms with Crippen molar-refractivity contribution in [2.75, 3.05) is 0 Å². The molecule has 0 bridgehead atoms. The van der Waals surface area contributed by atoms with E-state index in [9.17, 15) is 4.79 Å². The number of carbonyl (C=O) groups excluding carboxylic acids is 1. The maximum absolute atomic E-state index is 12.3. The number of carbonyl (C=O) groups is 1. The molecule has 0 aliphatic heterocycles. The molecule has 1 amide bonds. The first-order chi connectivity index (χ1) is 13.6. The molecular weight excluding hydrogens is 372 g/mol. The van der Waals surface area contributed by atoms with Crippen molar-refractivity contribution >= 4 is 17.2 Å². The summed E-state index contributed by atoms with van der Waals surface area (Å²) in [6.07, 6.45) is 2.47. The highest BCUT2D eigenvalue weighted by Crippen LogP contribution is 2.41. The maximum atomic E-state index is 12.3. The number of aromatic nitrogens is 1.